The van der Waals surface area contributed by atoms with Crippen LogP contribution >= 0.6 is 22.9 Å². The molecule has 7 aliphatic rings. The van der Waals surface area contributed by atoms with Crippen LogP contribution in [0, 0.1) is 36.5 Å². The Kier molecular flexibility index (Phi) is 17.6. The van der Waals surface area contributed by atoms with Crippen LogP contribution in [-0.4, -0.2) is 91.9 Å². The number of nitrogens with zero attached hydrogens (tertiary/aromatic N) is 8. The number of carbonyl (C=O) groups excluding carboxylic acids is 4. The Morgan fingerprint density at radius 3 is 1.88 bits per heavy atom. The van der Waals surface area contributed by atoms with Crippen molar-refractivity contribution in [2.45, 2.75) is 139 Å². The highest BCUT2D eigenvalue weighted by Crippen LogP contribution is 2.53. The number of aryl methyl sites for hydroxylation is 1. The van der Waals surface area contributed by atoms with Gasteiger partial charge in [0.05, 0.1) is 12.1 Å². The van der Waals surface area contributed by atoms with E-state index in [2.05, 4.69) is 38.5 Å². The fourth-order valence-electron chi connectivity index (χ4n) is 13.5. The van der Waals surface area contributed by atoms with Crippen LogP contribution in [0.5, 0.6) is 0 Å². The van der Waals surface area contributed by atoms with Gasteiger partial charge in [0, 0.05) is 54.2 Å². The maximum absolute atomic E-state index is 13.7. The molecule has 7 N–H and O–H groups in total. The van der Waals surface area contributed by atoms with Crippen LogP contribution < -0.4 is 22.5 Å². The molecule has 6 aromatic rings. The van der Waals surface area contributed by atoms with Crippen molar-refractivity contribution in [2.75, 3.05) is 14.1 Å². The first kappa shape index (κ1) is 59.9. The Hall–Kier alpha value is -7.83. The van der Waals surface area contributed by atoms with Crippen LogP contribution in [-0.2, 0) is 32.0 Å². The summed E-state index contributed by atoms with van der Waals surface area (Å²) >= 11 is 7.80. The molecule has 0 radical (unpaired) electrons. The zero-order valence-corrected chi connectivity index (χ0v) is 50.7. The van der Waals surface area contributed by atoms with Gasteiger partial charge in [0.25, 0.3) is 23.6 Å². The largest absolute Gasteiger partial charge is 0.369 e. The predicted molar refractivity (Wildman–Crippen MR) is 336 cm³/mol. The Labute approximate surface area is 511 Å². The number of halogens is 2. The fraction of sp³-hybridized carbons (Fsp3) is 0.418. The molecule has 3 aromatic carbocycles. The van der Waals surface area contributed by atoms with Gasteiger partial charge >= 0.3 is 0 Å². The van der Waals surface area contributed by atoms with E-state index >= 15 is 0 Å². The number of nitrogens with two attached hydrogens (primary N) is 3. The van der Waals surface area contributed by atoms with Crippen molar-refractivity contribution in [1.29, 1.82) is 0 Å². The maximum Gasteiger partial charge on any atom is 0.262 e. The third kappa shape index (κ3) is 12.6. The zero-order valence-electron chi connectivity index (χ0n) is 49.1. The van der Waals surface area contributed by atoms with Gasteiger partial charge in [-0.3, -0.25) is 38.9 Å². The highest BCUT2D eigenvalue weighted by atomic mass is 35.5. The van der Waals surface area contributed by atoms with E-state index in [0.717, 1.165) is 108 Å². The molecule has 86 heavy (non-hydrogen) atoms. The summed E-state index contributed by atoms with van der Waals surface area (Å²) < 4.78 is 13.1. The summed E-state index contributed by atoms with van der Waals surface area (Å²) in [6.07, 6.45) is 21.4. The molecule has 3 aromatic heterocycles. The first-order valence-corrected chi connectivity index (χ1v) is 31.5. The Balaban J connectivity index is 0.000000135. The lowest BCUT2D eigenvalue weighted by Gasteiger charge is -2.35. The van der Waals surface area contributed by atoms with Crippen molar-refractivity contribution in [3.63, 3.8) is 0 Å². The predicted octanol–water partition coefficient (Wildman–Crippen LogP) is 11.3. The van der Waals surface area contributed by atoms with E-state index in [0.29, 0.717) is 47.3 Å². The van der Waals surface area contributed by atoms with E-state index in [1.807, 2.05) is 97.5 Å². The number of rotatable bonds is 15. The Bertz CT molecular complexity index is 3590. The van der Waals surface area contributed by atoms with Crippen LogP contribution in [0.15, 0.2) is 142 Å². The van der Waals surface area contributed by atoms with E-state index in [4.69, 9.17) is 38.8 Å². The van der Waals surface area contributed by atoms with Crippen LogP contribution in [0.2, 0.25) is 5.02 Å². The molecule has 0 saturated heterocycles. The second-order valence-corrected chi connectivity index (χ2v) is 25.9. The Morgan fingerprint density at radius 1 is 0.663 bits per heavy atom. The number of benzene rings is 3. The van der Waals surface area contributed by atoms with E-state index in [-0.39, 0.29) is 47.4 Å². The fourth-order valence-corrected chi connectivity index (χ4v) is 14.4. The molecule has 6 heterocycles. The van der Waals surface area contributed by atoms with E-state index in [1.54, 1.807) is 30.3 Å². The number of likely N-dealkylation sites (N-methyl/N-ethyl adjacent to an activating group) is 2. The molecule has 19 heteroatoms. The van der Waals surface area contributed by atoms with E-state index < -0.39 is 22.6 Å². The van der Waals surface area contributed by atoms with Crippen molar-refractivity contribution in [3.05, 3.63) is 165 Å². The minimum atomic E-state index is -0.921. The topological polar surface area (TPSA) is 231 Å². The SMILES string of the molecule is CN1C(=O)[C@@](CCC2CCCCC2)(C[C@H]2CCC[C@@H](NC(=O)c3ccc(F)nc3)C2)N=C1N.Cc1cncc(-c2cccc(C3(C4CC4)N=C(N)N(C)C3=O)c2)c1.NC1=NC(c2cccc(-c3cccc(Cl)c3)c2)(C2CC2)C(=O)N1Cc1cccs1. The molecule has 4 aliphatic carbocycles. The molecular formula is C67H76ClFN12O4S. The first-order valence-electron chi connectivity index (χ1n) is 30.2. The number of nitrogens with one attached hydrogen (secondary N) is 1. The maximum atomic E-state index is 13.7. The van der Waals surface area contributed by atoms with Gasteiger partial charge in [0.1, 0.15) is 5.54 Å². The summed E-state index contributed by atoms with van der Waals surface area (Å²) in [7, 11) is 3.41. The van der Waals surface area contributed by atoms with Gasteiger partial charge in [-0.1, -0.05) is 111 Å². The number of pyridine rings is 2. The first-order chi connectivity index (χ1) is 41.5. The molecule has 0 spiro atoms. The number of guanidine groups is 3. The van der Waals surface area contributed by atoms with Gasteiger partial charge in [0.15, 0.2) is 29.0 Å². The van der Waals surface area contributed by atoms with Crippen LogP contribution in [0.3, 0.4) is 0 Å². The lowest BCUT2D eigenvalue weighted by atomic mass is 9.74. The van der Waals surface area contributed by atoms with Gasteiger partial charge in [-0.05, 0) is 176 Å². The number of carbonyl (C=O) groups is 4. The van der Waals surface area contributed by atoms with E-state index in [1.165, 1.54) is 60.2 Å². The van der Waals surface area contributed by atoms with Gasteiger partial charge in [-0.15, -0.1) is 11.3 Å². The summed E-state index contributed by atoms with van der Waals surface area (Å²) in [6, 6.07) is 32.6. The quantitative estimate of drug-likeness (QED) is 0.0715. The molecule has 4 amide bonds. The number of aliphatic imine (C=N–C) groups is 3. The molecular weight excluding hydrogens is 1120 g/mol. The number of thiophene rings is 1. The number of hydrogen-bond acceptors (Lipinski definition) is 13. The average molecular weight is 1200 g/mol. The van der Waals surface area contributed by atoms with Crippen molar-refractivity contribution >= 4 is 64.4 Å². The summed E-state index contributed by atoms with van der Waals surface area (Å²) in [4.78, 5) is 80.2. The standard InChI is InChI=1S/C25H36FN5O2.C23H20ClN3OS.C19H20N4O/c1-31-23(33)25(30-24(31)27,13-12-17-6-3-2-4-7-17)15-18-8-5-9-20(14-18)29-22(32)19-10-11-21(26)28-16-19;24-19-7-2-5-16(13-19)15-4-1-6-18(12-15)23(17-9-10-17)21(28)27(22(25)26-23)14-20-8-3-11-29-20;1-12-8-14(11-21-10-12)13-4-3-5-16(9-13)19(15-6-7-15)17(24)23(2)18(20)22-19/h10-11,16-18,20H,2-9,12-15H2,1H3,(H2,27,30)(H,29,32);1-8,11-13,17H,9-10,14H2,(H2,25,26);3-5,8-11,15H,6-7H2,1-2H3,(H2,20,22)/t18-,20+,25+;;/m0../s1. The van der Waals surface area contributed by atoms with E-state index in [9.17, 15) is 23.6 Å². The average Bonchev–Trinajstić information content (AvgIpc) is 1.66. The monoisotopic (exact) mass is 1200 g/mol. The third-order valence-corrected chi connectivity index (χ3v) is 19.5. The van der Waals surface area contributed by atoms with Crippen molar-refractivity contribution in [1.82, 2.24) is 30.0 Å². The van der Waals surface area contributed by atoms with Crippen LogP contribution in [0.1, 0.15) is 135 Å². The van der Waals surface area contributed by atoms with Crippen molar-refractivity contribution < 1.29 is 23.6 Å². The lowest BCUT2D eigenvalue weighted by Crippen LogP contribution is -2.45. The molecule has 4 saturated carbocycles. The normalized spacial score (nSPS) is 24.8. The number of aromatic nitrogens is 2. The molecule has 2 unspecified atom stereocenters. The lowest BCUT2D eigenvalue weighted by molar-refractivity contribution is -0.133. The highest BCUT2D eigenvalue weighted by Gasteiger charge is 2.59. The minimum Gasteiger partial charge on any atom is -0.369 e. The van der Waals surface area contributed by atoms with Crippen LogP contribution in [0.4, 0.5) is 4.39 Å². The summed E-state index contributed by atoms with van der Waals surface area (Å²) in [5.74, 6) is 1.44. The molecule has 448 valence electrons. The van der Waals surface area contributed by atoms with Crippen molar-refractivity contribution in [2.24, 2.45) is 55.8 Å². The zero-order chi connectivity index (χ0) is 60.3. The van der Waals surface area contributed by atoms with Crippen LogP contribution in [0.25, 0.3) is 22.3 Å². The smallest absolute Gasteiger partial charge is 0.262 e. The molecule has 0 bridgehead atoms. The summed E-state index contributed by atoms with van der Waals surface area (Å²) in [5.41, 5.74) is 23.2. The molecule has 16 nitrogen and oxygen atoms in total. The van der Waals surface area contributed by atoms with Gasteiger partial charge < -0.3 is 22.5 Å². The molecule has 3 aliphatic heterocycles. The second kappa shape index (κ2) is 25.2. The van der Waals surface area contributed by atoms with Crippen molar-refractivity contribution in [3.8, 4) is 22.3 Å². The third-order valence-electron chi connectivity index (χ3n) is 18.4. The van der Waals surface area contributed by atoms with Gasteiger partial charge in [-0.2, -0.15) is 4.39 Å². The summed E-state index contributed by atoms with van der Waals surface area (Å²) in [5, 5.41) is 5.77. The second-order valence-electron chi connectivity index (χ2n) is 24.5. The Morgan fingerprint density at radius 2 is 1.29 bits per heavy atom. The molecule has 5 atom stereocenters. The van der Waals surface area contributed by atoms with Gasteiger partial charge in [-0.25, -0.2) is 20.0 Å². The number of amides is 4. The number of hydrogen-bond donors (Lipinski definition) is 4. The molecule has 4 fully saturated rings. The minimum absolute atomic E-state index is 0.0133. The summed E-state index contributed by atoms with van der Waals surface area (Å²) in [6.45, 7) is 2.49. The van der Waals surface area contributed by atoms with Gasteiger partial charge in [0.2, 0.25) is 5.95 Å². The molecule has 13 rings (SSSR count). The highest BCUT2D eigenvalue weighted by molar-refractivity contribution is 7.09.